The highest BCUT2D eigenvalue weighted by atomic mass is 16.5. The summed E-state index contributed by atoms with van der Waals surface area (Å²) in [5.74, 6) is 0. The third-order valence-corrected chi connectivity index (χ3v) is 1.68. The summed E-state index contributed by atoms with van der Waals surface area (Å²) in [5, 5.41) is 9.39. The zero-order chi connectivity index (χ0) is 8.69. The van der Waals surface area contributed by atoms with Crippen LogP contribution in [0.25, 0.3) is 0 Å². The van der Waals surface area contributed by atoms with E-state index < -0.39 is 0 Å². The maximum atomic E-state index is 9.39. The molecule has 1 N–H and O–H groups in total. The summed E-state index contributed by atoms with van der Waals surface area (Å²) >= 11 is 0. The second kappa shape index (κ2) is 6.38. The lowest BCUT2D eigenvalue weighted by Crippen LogP contribution is -2.27. The van der Waals surface area contributed by atoms with Crippen LogP contribution >= 0.6 is 0 Å². The Hall–Kier alpha value is -0.340. The Kier molecular flexibility index (Phi) is 6.18. The topological polar surface area (TPSA) is 29.5 Å². The molecule has 0 bridgehead atoms. The summed E-state index contributed by atoms with van der Waals surface area (Å²) in [6.07, 6.45) is 2.93. The van der Waals surface area contributed by atoms with E-state index in [2.05, 4.69) is 6.58 Å². The van der Waals surface area contributed by atoms with Crippen LogP contribution in [0.3, 0.4) is 0 Å². The molecular formula is C9H18O2. The van der Waals surface area contributed by atoms with Crippen LogP contribution in [-0.4, -0.2) is 23.9 Å². The minimum absolute atomic E-state index is 0.0296. The Labute approximate surface area is 68.9 Å². The van der Waals surface area contributed by atoms with Crippen LogP contribution < -0.4 is 0 Å². The Bertz CT molecular complexity index is 102. The number of ether oxygens (including phenoxy) is 1. The van der Waals surface area contributed by atoms with E-state index in [9.17, 15) is 5.11 Å². The minimum Gasteiger partial charge on any atom is -0.390 e. The minimum atomic E-state index is -0.333. The number of hydrogen-bond acceptors (Lipinski definition) is 2. The molecule has 66 valence electrons. The van der Waals surface area contributed by atoms with Gasteiger partial charge in [0.1, 0.15) is 0 Å². The summed E-state index contributed by atoms with van der Waals surface area (Å²) in [6.45, 7) is 8.02. The molecule has 0 aliphatic carbocycles. The fraction of sp³-hybridized carbons (Fsp3) is 0.778. The Morgan fingerprint density at radius 2 is 2.09 bits per heavy atom. The third kappa shape index (κ3) is 4.17. The first kappa shape index (κ1) is 10.7. The van der Waals surface area contributed by atoms with E-state index in [1.54, 1.807) is 6.08 Å². The lowest BCUT2D eigenvalue weighted by molar-refractivity contribution is -0.0292. The van der Waals surface area contributed by atoms with Gasteiger partial charge in [0.15, 0.2) is 0 Å². The second-order valence-electron chi connectivity index (χ2n) is 2.54. The van der Waals surface area contributed by atoms with Gasteiger partial charge in [-0.25, -0.2) is 0 Å². The Morgan fingerprint density at radius 1 is 1.45 bits per heavy atom. The molecule has 0 radical (unpaired) electrons. The van der Waals surface area contributed by atoms with Gasteiger partial charge in [-0.2, -0.15) is 0 Å². The summed E-state index contributed by atoms with van der Waals surface area (Å²) in [4.78, 5) is 0. The van der Waals surface area contributed by atoms with Crippen molar-refractivity contribution in [3.05, 3.63) is 12.7 Å². The lowest BCUT2D eigenvalue weighted by Gasteiger charge is -2.19. The summed E-state index contributed by atoms with van der Waals surface area (Å²) in [5.41, 5.74) is 0. The second-order valence-corrected chi connectivity index (χ2v) is 2.54. The Morgan fingerprint density at radius 3 is 2.45 bits per heavy atom. The normalized spacial score (nSPS) is 15.9. The van der Waals surface area contributed by atoms with E-state index in [-0.39, 0.29) is 12.2 Å². The monoisotopic (exact) mass is 158 g/mol. The van der Waals surface area contributed by atoms with E-state index in [0.717, 1.165) is 12.8 Å². The molecule has 11 heavy (non-hydrogen) atoms. The molecule has 2 heteroatoms. The van der Waals surface area contributed by atoms with Crippen LogP contribution in [0.4, 0.5) is 0 Å². The van der Waals surface area contributed by atoms with Crippen molar-refractivity contribution >= 4 is 0 Å². The van der Waals surface area contributed by atoms with Gasteiger partial charge in [-0.3, -0.25) is 0 Å². The SMILES string of the molecule is C=CCOC(CC)C(O)CC. The highest BCUT2D eigenvalue weighted by Crippen LogP contribution is 2.07. The van der Waals surface area contributed by atoms with Crippen LogP contribution in [0.15, 0.2) is 12.7 Å². The zero-order valence-electron chi connectivity index (χ0n) is 7.42. The molecule has 0 amide bonds. The van der Waals surface area contributed by atoms with E-state index in [1.807, 2.05) is 13.8 Å². The first-order valence-corrected chi connectivity index (χ1v) is 4.16. The zero-order valence-corrected chi connectivity index (χ0v) is 7.42. The molecule has 0 heterocycles. The highest BCUT2D eigenvalue weighted by molar-refractivity contribution is 4.70. The van der Waals surface area contributed by atoms with E-state index in [4.69, 9.17) is 4.74 Å². The van der Waals surface area contributed by atoms with Crippen molar-refractivity contribution < 1.29 is 9.84 Å². The number of aliphatic hydroxyl groups excluding tert-OH is 1. The first-order chi connectivity index (χ1) is 5.26. The molecule has 0 aromatic carbocycles. The van der Waals surface area contributed by atoms with E-state index in [0.29, 0.717) is 6.61 Å². The molecule has 0 aromatic heterocycles. The maximum Gasteiger partial charge on any atom is 0.0835 e. The number of hydrogen-bond donors (Lipinski definition) is 1. The van der Waals surface area contributed by atoms with Crippen LogP contribution in [0, 0.1) is 0 Å². The van der Waals surface area contributed by atoms with Crippen molar-refractivity contribution in [3.8, 4) is 0 Å². The van der Waals surface area contributed by atoms with Crippen LogP contribution in [0.5, 0.6) is 0 Å². The van der Waals surface area contributed by atoms with Crippen molar-refractivity contribution in [2.45, 2.75) is 38.9 Å². The molecule has 2 unspecified atom stereocenters. The van der Waals surface area contributed by atoms with Crippen molar-refractivity contribution in [2.24, 2.45) is 0 Å². The molecule has 0 saturated heterocycles. The average Bonchev–Trinajstić information content (AvgIpc) is 2.05. The van der Waals surface area contributed by atoms with Gasteiger partial charge in [-0.15, -0.1) is 6.58 Å². The molecule has 0 saturated carbocycles. The molecule has 0 aliphatic rings. The molecule has 0 aliphatic heterocycles. The van der Waals surface area contributed by atoms with Crippen molar-refractivity contribution in [1.82, 2.24) is 0 Å². The predicted molar refractivity (Wildman–Crippen MR) is 46.5 cm³/mol. The fourth-order valence-corrected chi connectivity index (χ4v) is 0.956. The van der Waals surface area contributed by atoms with Gasteiger partial charge in [0.25, 0.3) is 0 Å². The lowest BCUT2D eigenvalue weighted by atomic mass is 10.1. The third-order valence-electron chi connectivity index (χ3n) is 1.68. The Balaban J connectivity index is 3.64. The van der Waals surface area contributed by atoms with Gasteiger partial charge < -0.3 is 9.84 Å². The van der Waals surface area contributed by atoms with Gasteiger partial charge >= 0.3 is 0 Å². The van der Waals surface area contributed by atoms with Gasteiger partial charge in [-0.05, 0) is 12.8 Å². The molecule has 2 nitrogen and oxygen atoms in total. The summed E-state index contributed by atoms with van der Waals surface area (Å²) in [7, 11) is 0. The van der Waals surface area contributed by atoms with Crippen molar-refractivity contribution in [3.63, 3.8) is 0 Å². The summed E-state index contributed by atoms with van der Waals surface area (Å²) in [6, 6.07) is 0. The fourth-order valence-electron chi connectivity index (χ4n) is 0.956. The van der Waals surface area contributed by atoms with Gasteiger partial charge in [0, 0.05) is 0 Å². The van der Waals surface area contributed by atoms with Crippen LogP contribution in [0.2, 0.25) is 0 Å². The predicted octanol–water partition coefficient (Wildman–Crippen LogP) is 1.74. The molecule has 2 atom stereocenters. The quantitative estimate of drug-likeness (QED) is 0.597. The molecule has 0 rings (SSSR count). The highest BCUT2D eigenvalue weighted by Gasteiger charge is 2.14. The van der Waals surface area contributed by atoms with Gasteiger partial charge in [-0.1, -0.05) is 19.9 Å². The van der Waals surface area contributed by atoms with E-state index in [1.165, 1.54) is 0 Å². The largest absolute Gasteiger partial charge is 0.390 e. The van der Waals surface area contributed by atoms with Crippen molar-refractivity contribution in [2.75, 3.05) is 6.61 Å². The van der Waals surface area contributed by atoms with Crippen molar-refractivity contribution in [1.29, 1.82) is 0 Å². The maximum absolute atomic E-state index is 9.39. The molecule has 0 aromatic rings. The molecule has 0 spiro atoms. The molecule has 0 fully saturated rings. The van der Waals surface area contributed by atoms with Crippen LogP contribution in [-0.2, 0) is 4.74 Å². The smallest absolute Gasteiger partial charge is 0.0835 e. The average molecular weight is 158 g/mol. The van der Waals surface area contributed by atoms with E-state index >= 15 is 0 Å². The number of aliphatic hydroxyl groups is 1. The first-order valence-electron chi connectivity index (χ1n) is 4.16. The number of rotatable bonds is 6. The molecular weight excluding hydrogens is 140 g/mol. The standard InChI is InChI=1S/C9H18O2/c1-4-7-11-9(6-3)8(10)5-2/h4,8-10H,1,5-7H2,2-3H3. The summed E-state index contributed by atoms with van der Waals surface area (Å²) < 4.78 is 5.33. The van der Waals surface area contributed by atoms with Gasteiger partial charge in [0.05, 0.1) is 18.8 Å². The van der Waals surface area contributed by atoms with Crippen LogP contribution in [0.1, 0.15) is 26.7 Å². The van der Waals surface area contributed by atoms with Gasteiger partial charge in [0.2, 0.25) is 0 Å².